The van der Waals surface area contributed by atoms with Crippen molar-refractivity contribution in [3.05, 3.63) is 65.0 Å². The number of aliphatic hydroxyl groups excluding tert-OH is 1. The van der Waals surface area contributed by atoms with E-state index in [1.165, 1.54) is 18.7 Å². The number of hydrogen-bond donors (Lipinski definition) is 1. The second kappa shape index (κ2) is 5.86. The maximum absolute atomic E-state index is 13.8. The Balaban J connectivity index is 1.79. The van der Waals surface area contributed by atoms with Crippen LogP contribution in [0.15, 0.2) is 42.5 Å². The molecule has 0 saturated carbocycles. The van der Waals surface area contributed by atoms with Crippen LogP contribution in [-0.4, -0.2) is 12.2 Å². The summed E-state index contributed by atoms with van der Waals surface area (Å²) in [4.78, 5) is 0. The average Bonchev–Trinajstić information content (AvgIpc) is 2.51. The lowest BCUT2D eigenvalue weighted by atomic mass is 9.78. The highest BCUT2D eigenvalue weighted by molar-refractivity contribution is 5.33. The van der Waals surface area contributed by atoms with Crippen LogP contribution in [0.25, 0.3) is 0 Å². The minimum absolute atomic E-state index is 0.132. The molecule has 1 aliphatic rings. The molecule has 0 aromatic heterocycles. The molecule has 2 nitrogen and oxygen atoms in total. The van der Waals surface area contributed by atoms with E-state index in [9.17, 15) is 9.50 Å². The number of hydrogen-bond acceptors (Lipinski definition) is 2. The van der Waals surface area contributed by atoms with Gasteiger partial charge in [0.2, 0.25) is 0 Å². The van der Waals surface area contributed by atoms with Gasteiger partial charge in [-0.2, -0.15) is 0 Å². The number of aryl methyl sites for hydroxylation is 1. The number of aliphatic hydroxyl groups is 1. The van der Waals surface area contributed by atoms with Crippen LogP contribution in [0.2, 0.25) is 0 Å². The lowest BCUT2D eigenvalue weighted by Gasteiger charge is -2.30. The Morgan fingerprint density at radius 1 is 1.24 bits per heavy atom. The third kappa shape index (κ3) is 2.79. The third-order valence-electron chi connectivity index (χ3n) is 4.32. The van der Waals surface area contributed by atoms with Crippen LogP contribution < -0.4 is 4.74 Å². The van der Waals surface area contributed by atoms with Gasteiger partial charge in [-0.1, -0.05) is 30.3 Å². The number of halogens is 1. The van der Waals surface area contributed by atoms with Crippen LogP contribution in [-0.2, 0) is 12.8 Å². The highest BCUT2D eigenvalue weighted by Gasteiger charge is 2.27. The Kier molecular flexibility index (Phi) is 3.93. The molecule has 1 aliphatic carbocycles. The molecule has 3 rings (SSSR count). The summed E-state index contributed by atoms with van der Waals surface area (Å²) >= 11 is 0. The first-order chi connectivity index (χ1) is 10.2. The molecule has 1 N–H and O–H groups in total. The molecule has 2 atom stereocenters. The van der Waals surface area contributed by atoms with Crippen LogP contribution in [0.4, 0.5) is 4.39 Å². The van der Waals surface area contributed by atoms with Crippen molar-refractivity contribution in [2.24, 2.45) is 5.92 Å². The molecule has 0 aliphatic heterocycles. The monoisotopic (exact) mass is 286 g/mol. The van der Waals surface area contributed by atoms with Gasteiger partial charge in [0.25, 0.3) is 0 Å². The largest absolute Gasteiger partial charge is 0.494 e. The normalized spacial score (nSPS) is 20.9. The fourth-order valence-corrected chi connectivity index (χ4v) is 3.16. The van der Waals surface area contributed by atoms with Gasteiger partial charge < -0.3 is 9.84 Å². The maximum atomic E-state index is 13.8. The molecule has 0 heterocycles. The van der Waals surface area contributed by atoms with Crippen molar-refractivity contribution >= 4 is 0 Å². The van der Waals surface area contributed by atoms with E-state index in [0.717, 1.165) is 24.0 Å². The smallest absolute Gasteiger partial charge is 0.165 e. The summed E-state index contributed by atoms with van der Waals surface area (Å²) in [6, 6.07) is 13.0. The molecule has 0 radical (unpaired) electrons. The van der Waals surface area contributed by atoms with Crippen molar-refractivity contribution in [1.29, 1.82) is 0 Å². The Morgan fingerprint density at radius 3 is 2.81 bits per heavy atom. The number of fused-ring (bicyclic) bond motifs is 1. The summed E-state index contributed by atoms with van der Waals surface area (Å²) in [5.74, 6) is 0.0432. The van der Waals surface area contributed by atoms with E-state index in [0.29, 0.717) is 6.42 Å². The lowest BCUT2D eigenvalue weighted by Crippen LogP contribution is -2.22. The van der Waals surface area contributed by atoms with Crippen molar-refractivity contribution < 1.29 is 14.2 Å². The van der Waals surface area contributed by atoms with Gasteiger partial charge >= 0.3 is 0 Å². The van der Waals surface area contributed by atoms with Crippen molar-refractivity contribution in [2.45, 2.75) is 25.4 Å². The molecule has 0 bridgehead atoms. The zero-order valence-electron chi connectivity index (χ0n) is 12.1. The molecule has 21 heavy (non-hydrogen) atoms. The van der Waals surface area contributed by atoms with Gasteiger partial charge in [0.1, 0.15) is 0 Å². The number of ether oxygens (including phenoxy) is 1. The second-order valence-corrected chi connectivity index (χ2v) is 5.62. The van der Waals surface area contributed by atoms with E-state index in [-0.39, 0.29) is 17.5 Å². The van der Waals surface area contributed by atoms with Crippen molar-refractivity contribution in [3.8, 4) is 5.75 Å². The molecule has 0 saturated heterocycles. The van der Waals surface area contributed by atoms with E-state index in [1.807, 2.05) is 24.3 Å². The van der Waals surface area contributed by atoms with Gasteiger partial charge in [-0.15, -0.1) is 0 Å². The van der Waals surface area contributed by atoms with E-state index < -0.39 is 6.10 Å². The summed E-state index contributed by atoms with van der Waals surface area (Å²) in [6.07, 6.45) is 2.10. The van der Waals surface area contributed by atoms with Crippen LogP contribution in [0.3, 0.4) is 0 Å². The fourth-order valence-electron chi connectivity index (χ4n) is 3.16. The summed E-state index contributed by atoms with van der Waals surface area (Å²) in [5, 5.41) is 10.5. The molecular formula is C18H19FO2. The molecule has 2 aromatic carbocycles. The Bertz CT molecular complexity index is 639. The van der Waals surface area contributed by atoms with Gasteiger partial charge in [0.15, 0.2) is 11.6 Å². The van der Waals surface area contributed by atoms with Gasteiger partial charge in [-0.25, -0.2) is 4.39 Å². The van der Waals surface area contributed by atoms with Gasteiger partial charge in [-0.05, 0) is 54.0 Å². The molecule has 0 fully saturated rings. The minimum Gasteiger partial charge on any atom is -0.494 e. The maximum Gasteiger partial charge on any atom is 0.165 e. The van der Waals surface area contributed by atoms with Gasteiger partial charge in [0, 0.05) is 0 Å². The highest BCUT2D eigenvalue weighted by atomic mass is 19.1. The lowest BCUT2D eigenvalue weighted by molar-refractivity contribution is 0.0936. The van der Waals surface area contributed by atoms with Crippen LogP contribution in [0, 0.1) is 11.7 Å². The second-order valence-electron chi connectivity index (χ2n) is 5.62. The topological polar surface area (TPSA) is 29.5 Å². The molecule has 2 aromatic rings. The Morgan fingerprint density at radius 2 is 2.05 bits per heavy atom. The quantitative estimate of drug-likeness (QED) is 0.932. The van der Waals surface area contributed by atoms with E-state index in [1.54, 1.807) is 6.07 Å². The molecular weight excluding hydrogens is 267 g/mol. The predicted octanol–water partition coefficient (Wildman–Crippen LogP) is 3.67. The fraction of sp³-hybridized carbons (Fsp3) is 0.333. The summed E-state index contributed by atoms with van der Waals surface area (Å²) < 4.78 is 18.7. The first kappa shape index (κ1) is 14.1. The van der Waals surface area contributed by atoms with E-state index in [2.05, 4.69) is 6.07 Å². The first-order valence-electron chi connectivity index (χ1n) is 7.27. The highest BCUT2D eigenvalue weighted by Crippen LogP contribution is 2.36. The van der Waals surface area contributed by atoms with Crippen LogP contribution in [0.1, 0.15) is 29.2 Å². The van der Waals surface area contributed by atoms with Crippen molar-refractivity contribution in [2.75, 3.05) is 7.11 Å². The predicted molar refractivity (Wildman–Crippen MR) is 79.9 cm³/mol. The molecule has 110 valence electrons. The van der Waals surface area contributed by atoms with Gasteiger partial charge in [0.05, 0.1) is 13.2 Å². The molecule has 2 unspecified atom stereocenters. The Hall–Kier alpha value is -1.87. The third-order valence-corrected chi connectivity index (χ3v) is 4.32. The van der Waals surface area contributed by atoms with E-state index >= 15 is 0 Å². The molecule has 3 heteroatoms. The Labute approximate surface area is 124 Å². The van der Waals surface area contributed by atoms with Crippen LogP contribution in [0.5, 0.6) is 5.75 Å². The minimum atomic E-state index is -0.472. The van der Waals surface area contributed by atoms with Crippen molar-refractivity contribution in [1.82, 2.24) is 0 Å². The zero-order chi connectivity index (χ0) is 14.8. The molecule has 0 amide bonds. The summed E-state index contributed by atoms with van der Waals surface area (Å²) in [5.41, 5.74) is 3.14. The number of rotatable bonds is 3. The SMILES string of the molecule is COc1ccc(CC2CCc3ccccc3C2O)cc1F. The summed E-state index contributed by atoms with van der Waals surface area (Å²) in [7, 11) is 1.46. The number of methoxy groups -OCH3 is 1. The van der Waals surface area contributed by atoms with Crippen LogP contribution >= 0.6 is 0 Å². The average molecular weight is 286 g/mol. The standard InChI is InChI=1S/C18H19FO2/c1-21-17-9-6-12(11-16(17)19)10-14-8-7-13-4-2-3-5-15(13)18(14)20/h2-6,9,11,14,18,20H,7-8,10H2,1H3. The van der Waals surface area contributed by atoms with Gasteiger partial charge in [-0.3, -0.25) is 0 Å². The zero-order valence-corrected chi connectivity index (χ0v) is 12.1. The van der Waals surface area contributed by atoms with E-state index in [4.69, 9.17) is 4.74 Å². The summed E-state index contributed by atoms with van der Waals surface area (Å²) in [6.45, 7) is 0. The van der Waals surface area contributed by atoms with Crippen molar-refractivity contribution in [3.63, 3.8) is 0 Å². The molecule has 0 spiro atoms. The first-order valence-corrected chi connectivity index (χ1v) is 7.27. The number of benzene rings is 2.